The topological polar surface area (TPSA) is 61.2 Å². The maximum absolute atomic E-state index is 13.3. The zero-order valence-corrected chi connectivity index (χ0v) is 17.1. The molecule has 0 saturated carbocycles. The van der Waals surface area contributed by atoms with E-state index in [1.807, 2.05) is 26.0 Å². The van der Waals surface area contributed by atoms with Crippen LogP contribution in [-0.2, 0) is 24.1 Å². The molecule has 0 saturated heterocycles. The predicted octanol–water partition coefficient (Wildman–Crippen LogP) is 4.26. The number of hydrogen-bond acceptors (Lipinski definition) is 5. The number of nitrogens with zero attached hydrogens (tertiary/aromatic N) is 2. The van der Waals surface area contributed by atoms with Crippen LogP contribution in [-0.4, -0.2) is 22.1 Å². The average Bonchev–Trinajstić information content (AvgIpc) is 3.07. The number of carbonyl (C=O) groups is 1. The number of esters is 1. The van der Waals surface area contributed by atoms with Crippen LogP contribution in [0.5, 0.6) is 0 Å². The molecule has 0 bridgehead atoms. The molecule has 28 heavy (non-hydrogen) atoms. The molecule has 1 aromatic carbocycles. The van der Waals surface area contributed by atoms with Crippen molar-refractivity contribution >= 4 is 27.5 Å². The third kappa shape index (κ3) is 3.49. The molecule has 0 atom stereocenters. The summed E-state index contributed by atoms with van der Waals surface area (Å²) in [7, 11) is 0. The molecule has 1 aliphatic rings. The molecule has 1 aliphatic carbocycles. The fraction of sp³-hybridized carbons (Fsp3) is 0.409. The number of fused-ring (bicyclic) bond motifs is 3. The quantitative estimate of drug-likeness (QED) is 0.605. The van der Waals surface area contributed by atoms with Gasteiger partial charge in [-0.25, -0.2) is 9.78 Å². The van der Waals surface area contributed by atoms with Gasteiger partial charge in [-0.1, -0.05) is 19.1 Å². The van der Waals surface area contributed by atoms with Crippen LogP contribution >= 0.6 is 11.3 Å². The van der Waals surface area contributed by atoms with E-state index in [2.05, 4.69) is 0 Å². The molecule has 2 aromatic heterocycles. The van der Waals surface area contributed by atoms with Crippen molar-refractivity contribution in [1.29, 1.82) is 0 Å². The summed E-state index contributed by atoms with van der Waals surface area (Å²) in [4.78, 5) is 32.3. The van der Waals surface area contributed by atoms with Crippen molar-refractivity contribution in [3.8, 4) is 0 Å². The summed E-state index contributed by atoms with van der Waals surface area (Å²) in [5.74, 6) is 0.378. The van der Waals surface area contributed by atoms with Gasteiger partial charge in [-0.3, -0.25) is 9.36 Å². The van der Waals surface area contributed by atoms with Crippen LogP contribution in [0.3, 0.4) is 0 Å². The Morgan fingerprint density at radius 2 is 2.11 bits per heavy atom. The summed E-state index contributed by atoms with van der Waals surface area (Å²) in [6.07, 6.45) is 5.13. The van der Waals surface area contributed by atoms with Crippen LogP contribution in [0.2, 0.25) is 0 Å². The lowest BCUT2D eigenvalue weighted by Crippen LogP contribution is -2.25. The van der Waals surface area contributed by atoms with Crippen molar-refractivity contribution in [3.05, 3.63) is 62.0 Å². The summed E-state index contributed by atoms with van der Waals surface area (Å²) in [6, 6.07) is 7.30. The number of benzene rings is 1. The zero-order valence-electron chi connectivity index (χ0n) is 16.3. The Bertz CT molecular complexity index is 1100. The van der Waals surface area contributed by atoms with Crippen molar-refractivity contribution in [1.82, 2.24) is 9.55 Å². The highest BCUT2D eigenvalue weighted by molar-refractivity contribution is 7.18. The molecule has 0 unspecified atom stereocenters. The van der Waals surface area contributed by atoms with Gasteiger partial charge in [0.25, 0.3) is 5.56 Å². The first-order valence-corrected chi connectivity index (χ1v) is 10.7. The number of rotatable bonds is 5. The normalized spacial score (nSPS) is 13.5. The fourth-order valence-corrected chi connectivity index (χ4v) is 5.08. The van der Waals surface area contributed by atoms with E-state index in [9.17, 15) is 9.59 Å². The van der Waals surface area contributed by atoms with Gasteiger partial charge in [0.05, 0.1) is 24.1 Å². The minimum absolute atomic E-state index is 0.0286. The molecule has 3 aromatic rings. The van der Waals surface area contributed by atoms with Crippen molar-refractivity contribution in [2.75, 3.05) is 6.61 Å². The molecular weight excluding hydrogens is 372 g/mol. The van der Waals surface area contributed by atoms with Gasteiger partial charge in [0, 0.05) is 4.88 Å². The molecule has 0 fully saturated rings. The highest BCUT2D eigenvalue weighted by Crippen LogP contribution is 2.33. The first-order valence-electron chi connectivity index (χ1n) is 9.86. The molecule has 0 spiro atoms. The first kappa shape index (κ1) is 18.9. The molecule has 4 rings (SSSR count). The van der Waals surface area contributed by atoms with Crippen LogP contribution in [0.1, 0.15) is 58.4 Å². The van der Waals surface area contributed by atoms with E-state index < -0.39 is 0 Å². The Morgan fingerprint density at radius 3 is 2.93 bits per heavy atom. The number of thiophene rings is 1. The van der Waals surface area contributed by atoms with Gasteiger partial charge in [0.15, 0.2) is 0 Å². The SMILES string of the molecule is CCCOC(=O)c1cccc(Cn2c(C)nc3sc4c(c3c2=O)CCCC4)c1. The molecule has 2 heterocycles. The van der Waals surface area contributed by atoms with Gasteiger partial charge in [-0.15, -0.1) is 11.3 Å². The van der Waals surface area contributed by atoms with Gasteiger partial charge >= 0.3 is 5.97 Å². The minimum atomic E-state index is -0.326. The maximum atomic E-state index is 13.3. The standard InChI is InChI=1S/C22H24N2O3S/c1-3-11-27-22(26)16-8-6-7-15(12-16)13-24-14(2)23-20-19(21(24)25)17-9-4-5-10-18(17)28-20/h6-8,12H,3-5,9-11,13H2,1-2H3. The summed E-state index contributed by atoms with van der Waals surface area (Å²) in [5.41, 5.74) is 2.63. The van der Waals surface area contributed by atoms with Crippen molar-refractivity contribution in [2.45, 2.75) is 52.5 Å². The largest absolute Gasteiger partial charge is 0.462 e. The summed E-state index contributed by atoms with van der Waals surface area (Å²) in [5, 5.41) is 0.795. The average molecular weight is 397 g/mol. The molecule has 6 heteroatoms. The first-order chi connectivity index (χ1) is 13.6. The monoisotopic (exact) mass is 396 g/mol. The molecule has 0 radical (unpaired) electrons. The Hall–Kier alpha value is -2.47. The summed E-state index contributed by atoms with van der Waals surface area (Å²) < 4.78 is 6.94. The maximum Gasteiger partial charge on any atom is 0.338 e. The summed E-state index contributed by atoms with van der Waals surface area (Å²) in [6.45, 7) is 4.64. The van der Waals surface area contributed by atoms with Gasteiger partial charge in [-0.2, -0.15) is 0 Å². The number of aryl methyl sites for hydroxylation is 3. The highest BCUT2D eigenvalue weighted by atomic mass is 32.1. The van der Waals surface area contributed by atoms with Crippen LogP contribution in [0.15, 0.2) is 29.1 Å². The van der Waals surface area contributed by atoms with Gasteiger partial charge in [0.1, 0.15) is 10.7 Å². The molecular formula is C22H24N2O3S. The van der Waals surface area contributed by atoms with Crippen LogP contribution in [0, 0.1) is 6.92 Å². The highest BCUT2D eigenvalue weighted by Gasteiger charge is 2.21. The Morgan fingerprint density at radius 1 is 1.29 bits per heavy atom. The van der Waals surface area contributed by atoms with E-state index in [0.717, 1.165) is 41.5 Å². The molecule has 0 amide bonds. The lowest BCUT2D eigenvalue weighted by molar-refractivity contribution is 0.0505. The molecule has 0 N–H and O–H groups in total. The van der Waals surface area contributed by atoms with Gasteiger partial charge < -0.3 is 4.74 Å². The third-order valence-electron chi connectivity index (χ3n) is 5.21. The summed E-state index contributed by atoms with van der Waals surface area (Å²) >= 11 is 1.67. The van der Waals surface area contributed by atoms with E-state index in [-0.39, 0.29) is 11.5 Å². The van der Waals surface area contributed by atoms with Crippen LogP contribution in [0.4, 0.5) is 0 Å². The third-order valence-corrected chi connectivity index (χ3v) is 6.39. The fourth-order valence-electron chi connectivity index (χ4n) is 3.78. The second-order valence-corrected chi connectivity index (χ2v) is 8.36. The lowest BCUT2D eigenvalue weighted by atomic mass is 9.97. The Kier molecular flexibility index (Phi) is 5.31. The number of aromatic nitrogens is 2. The molecule has 0 aliphatic heterocycles. The van der Waals surface area contributed by atoms with E-state index in [4.69, 9.17) is 9.72 Å². The number of carbonyl (C=O) groups excluding carboxylic acids is 1. The second kappa shape index (κ2) is 7.87. The van der Waals surface area contributed by atoms with Crippen LogP contribution in [0.25, 0.3) is 10.2 Å². The van der Waals surface area contributed by atoms with E-state index in [1.165, 1.54) is 16.9 Å². The van der Waals surface area contributed by atoms with E-state index >= 15 is 0 Å². The molecule has 146 valence electrons. The predicted molar refractivity (Wildman–Crippen MR) is 111 cm³/mol. The number of hydrogen-bond donors (Lipinski definition) is 0. The molecule has 5 nitrogen and oxygen atoms in total. The van der Waals surface area contributed by atoms with Crippen molar-refractivity contribution in [3.63, 3.8) is 0 Å². The van der Waals surface area contributed by atoms with E-state index in [0.29, 0.717) is 24.5 Å². The van der Waals surface area contributed by atoms with Crippen molar-refractivity contribution < 1.29 is 9.53 Å². The Balaban J connectivity index is 1.70. The van der Waals surface area contributed by atoms with Crippen LogP contribution < -0.4 is 5.56 Å². The lowest BCUT2D eigenvalue weighted by Gasteiger charge is -2.12. The van der Waals surface area contributed by atoms with Crippen molar-refractivity contribution in [2.24, 2.45) is 0 Å². The zero-order chi connectivity index (χ0) is 19.7. The van der Waals surface area contributed by atoms with Gasteiger partial charge in [0.2, 0.25) is 0 Å². The minimum Gasteiger partial charge on any atom is -0.462 e. The Labute approximate surface area is 168 Å². The number of ether oxygens (including phenoxy) is 1. The smallest absolute Gasteiger partial charge is 0.338 e. The van der Waals surface area contributed by atoms with Gasteiger partial charge in [-0.05, 0) is 62.3 Å². The second-order valence-electron chi connectivity index (χ2n) is 7.28. The van der Waals surface area contributed by atoms with E-state index in [1.54, 1.807) is 28.0 Å².